The minimum atomic E-state index is -3.85. The van der Waals surface area contributed by atoms with E-state index in [1.54, 1.807) is 0 Å². The van der Waals surface area contributed by atoms with Crippen LogP contribution in [0.4, 0.5) is 0 Å². The summed E-state index contributed by atoms with van der Waals surface area (Å²) in [6, 6.07) is 13.9. The highest BCUT2D eigenvalue weighted by atomic mass is 32.2. The van der Waals surface area contributed by atoms with E-state index >= 15 is 0 Å². The minimum Gasteiger partial charge on any atom is -0.495 e. The lowest BCUT2D eigenvalue weighted by molar-refractivity contribution is -0.129. The predicted molar refractivity (Wildman–Crippen MR) is 128 cm³/mol. The van der Waals surface area contributed by atoms with Crippen LogP contribution < -0.4 is 10.1 Å². The maximum atomic E-state index is 13.3. The SMILES string of the molecule is COc1ccc(C(=O)OC(C)C(=O)NCCc2ccccc2)cc1S(=O)(=O)N1CCCCCC1. The first kappa shape index (κ1) is 25.7. The van der Waals surface area contributed by atoms with Crippen LogP contribution >= 0.6 is 0 Å². The van der Waals surface area contributed by atoms with Gasteiger partial charge in [0.2, 0.25) is 10.0 Å². The highest BCUT2D eigenvalue weighted by Gasteiger charge is 2.30. The Hall–Kier alpha value is -2.91. The van der Waals surface area contributed by atoms with Gasteiger partial charge in [-0.3, -0.25) is 4.79 Å². The van der Waals surface area contributed by atoms with Crippen molar-refractivity contribution in [3.63, 3.8) is 0 Å². The molecular formula is C25H32N2O6S. The van der Waals surface area contributed by atoms with Crippen molar-refractivity contribution in [3.05, 3.63) is 59.7 Å². The molecule has 1 aliphatic heterocycles. The van der Waals surface area contributed by atoms with Crippen LogP contribution in [0.25, 0.3) is 0 Å². The average molecular weight is 489 g/mol. The van der Waals surface area contributed by atoms with Gasteiger partial charge in [0, 0.05) is 19.6 Å². The van der Waals surface area contributed by atoms with Gasteiger partial charge in [-0.1, -0.05) is 43.2 Å². The second-order valence-corrected chi connectivity index (χ2v) is 10.2. The van der Waals surface area contributed by atoms with Gasteiger partial charge in [0.1, 0.15) is 10.6 Å². The van der Waals surface area contributed by atoms with E-state index in [1.165, 1.54) is 36.5 Å². The van der Waals surface area contributed by atoms with Gasteiger partial charge in [0.05, 0.1) is 12.7 Å². The fraction of sp³-hybridized carbons (Fsp3) is 0.440. The number of hydrogen-bond acceptors (Lipinski definition) is 6. The first-order valence-corrected chi connectivity index (χ1v) is 13.0. The minimum absolute atomic E-state index is 0.0399. The van der Waals surface area contributed by atoms with Crippen LogP contribution in [-0.4, -0.2) is 57.4 Å². The maximum Gasteiger partial charge on any atom is 0.338 e. The fourth-order valence-corrected chi connectivity index (χ4v) is 5.53. The summed E-state index contributed by atoms with van der Waals surface area (Å²) in [5, 5.41) is 2.75. The number of ether oxygens (including phenoxy) is 2. The normalized spacial score (nSPS) is 15.7. The first-order valence-electron chi connectivity index (χ1n) is 11.5. The number of rotatable bonds is 9. The smallest absolute Gasteiger partial charge is 0.338 e. The molecule has 0 radical (unpaired) electrons. The number of sulfonamides is 1. The zero-order chi connectivity index (χ0) is 24.6. The van der Waals surface area contributed by atoms with Crippen LogP contribution in [0.2, 0.25) is 0 Å². The van der Waals surface area contributed by atoms with Crippen molar-refractivity contribution in [2.45, 2.75) is 50.0 Å². The molecule has 34 heavy (non-hydrogen) atoms. The molecule has 3 rings (SSSR count). The summed E-state index contributed by atoms with van der Waals surface area (Å²) in [5.41, 5.74) is 1.13. The topological polar surface area (TPSA) is 102 Å². The lowest BCUT2D eigenvalue weighted by Gasteiger charge is -2.21. The number of amides is 1. The number of esters is 1. The van der Waals surface area contributed by atoms with Crippen LogP contribution in [-0.2, 0) is 26.0 Å². The molecule has 1 heterocycles. The molecule has 0 bridgehead atoms. The Morgan fingerprint density at radius 1 is 1.03 bits per heavy atom. The van der Waals surface area contributed by atoms with Crippen molar-refractivity contribution >= 4 is 21.9 Å². The van der Waals surface area contributed by atoms with E-state index in [9.17, 15) is 18.0 Å². The molecule has 0 saturated carbocycles. The van der Waals surface area contributed by atoms with Crippen molar-refractivity contribution in [1.82, 2.24) is 9.62 Å². The molecule has 0 aliphatic carbocycles. The summed E-state index contributed by atoms with van der Waals surface area (Å²) < 4.78 is 38.6. The third-order valence-electron chi connectivity index (χ3n) is 5.79. The molecule has 1 saturated heterocycles. The van der Waals surface area contributed by atoms with Crippen molar-refractivity contribution in [2.75, 3.05) is 26.7 Å². The van der Waals surface area contributed by atoms with Crippen LogP contribution in [0, 0.1) is 0 Å². The quantitative estimate of drug-likeness (QED) is 0.544. The summed E-state index contributed by atoms with van der Waals surface area (Å²) in [4.78, 5) is 25.0. The number of benzene rings is 2. The van der Waals surface area contributed by atoms with Crippen LogP contribution in [0.1, 0.15) is 48.5 Å². The van der Waals surface area contributed by atoms with E-state index in [0.717, 1.165) is 31.2 Å². The monoisotopic (exact) mass is 488 g/mol. The first-order chi connectivity index (χ1) is 16.3. The largest absolute Gasteiger partial charge is 0.495 e. The molecule has 1 aliphatic rings. The Labute approximate surface area is 201 Å². The Morgan fingerprint density at radius 2 is 1.71 bits per heavy atom. The fourth-order valence-electron chi connectivity index (χ4n) is 3.83. The summed E-state index contributed by atoms with van der Waals surface area (Å²) in [7, 11) is -2.46. The molecule has 8 nitrogen and oxygen atoms in total. The Morgan fingerprint density at radius 3 is 2.35 bits per heavy atom. The second-order valence-electron chi connectivity index (χ2n) is 8.26. The van der Waals surface area contributed by atoms with E-state index in [2.05, 4.69) is 5.32 Å². The highest BCUT2D eigenvalue weighted by Crippen LogP contribution is 2.29. The lowest BCUT2D eigenvalue weighted by atomic mass is 10.1. The van der Waals surface area contributed by atoms with Gasteiger partial charge in [-0.2, -0.15) is 4.31 Å². The number of nitrogens with one attached hydrogen (secondary N) is 1. The van der Waals surface area contributed by atoms with Crippen molar-refractivity contribution in [3.8, 4) is 5.75 Å². The van der Waals surface area contributed by atoms with Crippen LogP contribution in [0.5, 0.6) is 5.75 Å². The average Bonchev–Trinajstić information content (AvgIpc) is 3.14. The van der Waals surface area contributed by atoms with Crippen LogP contribution in [0.15, 0.2) is 53.4 Å². The Balaban J connectivity index is 1.66. The summed E-state index contributed by atoms with van der Waals surface area (Å²) >= 11 is 0. The lowest BCUT2D eigenvalue weighted by Crippen LogP contribution is -2.37. The van der Waals surface area contributed by atoms with Gasteiger partial charge >= 0.3 is 5.97 Å². The number of carbonyl (C=O) groups is 2. The van der Waals surface area contributed by atoms with Crippen molar-refractivity contribution in [1.29, 1.82) is 0 Å². The number of nitrogens with zero attached hydrogens (tertiary/aromatic N) is 1. The molecule has 1 unspecified atom stereocenters. The summed E-state index contributed by atoms with van der Waals surface area (Å²) in [5.74, 6) is -1.04. The van der Waals surface area contributed by atoms with E-state index in [1.807, 2.05) is 30.3 Å². The molecule has 1 N–H and O–H groups in total. The zero-order valence-corrected chi connectivity index (χ0v) is 20.5. The molecule has 9 heteroatoms. The third-order valence-corrected chi connectivity index (χ3v) is 7.71. The van der Waals surface area contributed by atoms with Crippen molar-refractivity contribution in [2.24, 2.45) is 0 Å². The second kappa shape index (κ2) is 12.0. The Kier molecular flexibility index (Phi) is 9.06. The van der Waals surface area contributed by atoms with E-state index in [4.69, 9.17) is 9.47 Å². The predicted octanol–water partition coefficient (Wildman–Crippen LogP) is 3.16. The molecule has 1 amide bonds. The molecule has 1 atom stereocenters. The Bertz CT molecular complexity index is 1080. The molecular weight excluding hydrogens is 456 g/mol. The van der Waals surface area contributed by atoms with E-state index in [0.29, 0.717) is 26.1 Å². The molecule has 2 aromatic rings. The summed E-state index contributed by atoms with van der Waals surface area (Å²) in [6.45, 7) is 2.75. The number of methoxy groups -OCH3 is 1. The van der Waals surface area contributed by atoms with Crippen LogP contribution in [0.3, 0.4) is 0 Å². The molecule has 0 aromatic heterocycles. The number of hydrogen-bond donors (Lipinski definition) is 1. The van der Waals surface area contributed by atoms with Crippen molar-refractivity contribution < 1.29 is 27.5 Å². The third kappa shape index (κ3) is 6.57. The number of carbonyl (C=O) groups excluding carboxylic acids is 2. The molecule has 184 valence electrons. The standard InChI is InChI=1S/C25H32N2O6S/c1-19(24(28)26-15-14-20-10-6-5-7-11-20)33-25(29)21-12-13-22(32-2)23(18-21)34(30,31)27-16-8-3-4-9-17-27/h5-7,10-13,18-19H,3-4,8-9,14-17H2,1-2H3,(H,26,28). The maximum absolute atomic E-state index is 13.3. The summed E-state index contributed by atoms with van der Waals surface area (Å²) in [6.07, 6.45) is 3.18. The molecule has 1 fully saturated rings. The van der Waals surface area contributed by atoms with E-state index < -0.39 is 28.0 Å². The van der Waals surface area contributed by atoms with Gasteiger partial charge < -0.3 is 14.8 Å². The zero-order valence-electron chi connectivity index (χ0n) is 19.7. The van der Waals surface area contributed by atoms with E-state index in [-0.39, 0.29) is 16.2 Å². The van der Waals surface area contributed by atoms with Gasteiger partial charge in [0.25, 0.3) is 5.91 Å². The van der Waals surface area contributed by atoms with Gasteiger partial charge in [-0.15, -0.1) is 0 Å². The van der Waals surface area contributed by atoms with Gasteiger partial charge in [-0.25, -0.2) is 13.2 Å². The molecule has 0 spiro atoms. The van der Waals surface area contributed by atoms with Gasteiger partial charge in [0.15, 0.2) is 6.10 Å². The molecule has 2 aromatic carbocycles. The van der Waals surface area contributed by atoms with Gasteiger partial charge in [-0.05, 0) is 49.9 Å². The highest BCUT2D eigenvalue weighted by molar-refractivity contribution is 7.89.